The van der Waals surface area contributed by atoms with Gasteiger partial charge >= 0.3 is 0 Å². The SMILES string of the molecule is CC(C)[C@@H](C(=O)NC1c2ccccc2C[C@H]1O)[C@@H](O)[C@H](O)[C@H](CC1CCCCC1)NC(=O)c1ncccc1OCCOc1ccccc1. The molecule has 1 fully saturated rings. The average Bonchev–Trinajstić information content (AvgIpc) is 3.41. The van der Waals surface area contributed by atoms with Crippen LogP contribution in [0.2, 0.25) is 0 Å². The third-order valence-corrected chi connectivity index (χ3v) is 9.62. The second-order valence-corrected chi connectivity index (χ2v) is 13.4. The van der Waals surface area contributed by atoms with Crippen LogP contribution >= 0.6 is 0 Å². The molecule has 5 N–H and O–H groups in total. The molecule has 0 saturated heterocycles. The molecule has 0 bridgehead atoms. The van der Waals surface area contributed by atoms with Gasteiger partial charge in [0.05, 0.1) is 30.2 Å². The highest BCUT2D eigenvalue weighted by Gasteiger charge is 2.42. The Morgan fingerprint density at radius 2 is 1.60 bits per heavy atom. The van der Waals surface area contributed by atoms with Crippen molar-refractivity contribution in [3.8, 4) is 11.5 Å². The van der Waals surface area contributed by atoms with Gasteiger partial charge in [0.15, 0.2) is 11.4 Å². The summed E-state index contributed by atoms with van der Waals surface area (Å²) < 4.78 is 11.6. The van der Waals surface area contributed by atoms with Gasteiger partial charge in [0.1, 0.15) is 25.1 Å². The molecule has 0 spiro atoms. The predicted molar refractivity (Wildman–Crippen MR) is 181 cm³/mol. The van der Waals surface area contributed by atoms with Crippen LogP contribution in [0.3, 0.4) is 0 Å². The number of nitrogens with zero attached hydrogens (tertiary/aromatic N) is 1. The normalized spacial score (nSPS) is 20.3. The maximum atomic E-state index is 13.7. The van der Waals surface area contributed by atoms with Crippen LogP contribution in [0.1, 0.15) is 80.0 Å². The third kappa shape index (κ3) is 8.92. The van der Waals surface area contributed by atoms with E-state index >= 15 is 0 Å². The molecule has 10 heteroatoms. The minimum absolute atomic E-state index is 0.0552. The lowest BCUT2D eigenvalue weighted by molar-refractivity contribution is -0.137. The molecule has 2 aliphatic rings. The first-order chi connectivity index (χ1) is 23.2. The average molecular weight is 660 g/mol. The number of para-hydroxylation sites is 1. The lowest BCUT2D eigenvalue weighted by Gasteiger charge is -2.36. The van der Waals surface area contributed by atoms with Crippen LogP contribution < -0.4 is 20.1 Å². The molecule has 5 rings (SSSR count). The topological polar surface area (TPSA) is 150 Å². The second kappa shape index (κ2) is 16.9. The molecule has 48 heavy (non-hydrogen) atoms. The number of aromatic nitrogens is 1. The fraction of sp³-hybridized carbons (Fsp3) is 0.500. The Morgan fingerprint density at radius 1 is 0.896 bits per heavy atom. The Balaban J connectivity index is 1.29. The van der Waals surface area contributed by atoms with Gasteiger partial charge in [-0.3, -0.25) is 9.59 Å². The van der Waals surface area contributed by atoms with Gasteiger partial charge in [0, 0.05) is 12.6 Å². The van der Waals surface area contributed by atoms with E-state index in [1.165, 1.54) is 6.20 Å². The van der Waals surface area contributed by atoms with Crippen molar-refractivity contribution in [2.75, 3.05) is 13.2 Å². The van der Waals surface area contributed by atoms with E-state index in [4.69, 9.17) is 9.47 Å². The summed E-state index contributed by atoms with van der Waals surface area (Å²) in [5, 5.41) is 40.0. The van der Waals surface area contributed by atoms with E-state index < -0.39 is 48.1 Å². The van der Waals surface area contributed by atoms with Gasteiger partial charge in [-0.15, -0.1) is 0 Å². The molecule has 3 aromatic rings. The highest BCUT2D eigenvalue weighted by atomic mass is 16.5. The van der Waals surface area contributed by atoms with E-state index in [0.717, 1.165) is 43.2 Å². The fourth-order valence-electron chi connectivity index (χ4n) is 7.11. The number of amides is 2. The largest absolute Gasteiger partial charge is 0.490 e. The number of hydrogen-bond donors (Lipinski definition) is 5. The molecule has 1 unspecified atom stereocenters. The summed E-state index contributed by atoms with van der Waals surface area (Å²) >= 11 is 0. The van der Waals surface area contributed by atoms with Crippen molar-refractivity contribution in [1.29, 1.82) is 0 Å². The standard InChI is InChI=1S/C38H49N3O7/c1-24(2)32(37(45)41-33-28-17-10-9-14-26(28)23-30(33)42)36(44)35(43)29(22-25-12-5-3-6-13-25)40-38(46)34-31(18-11-19-39-34)48-21-20-47-27-15-7-4-8-16-27/h4,7-11,14-19,24-25,29-30,32-33,35-36,42-44H,3,5-6,12-13,20-23H2,1-2H3,(H,40,46)(H,41,45)/t29-,30+,32+,33?,35+,36+/m0/s1. The highest BCUT2D eigenvalue weighted by molar-refractivity contribution is 5.95. The molecule has 10 nitrogen and oxygen atoms in total. The number of aliphatic hydroxyl groups is 3. The van der Waals surface area contributed by atoms with Crippen LogP contribution in [0.15, 0.2) is 72.9 Å². The first-order valence-electron chi connectivity index (χ1n) is 17.2. The zero-order valence-corrected chi connectivity index (χ0v) is 27.8. The minimum atomic E-state index is -1.48. The second-order valence-electron chi connectivity index (χ2n) is 13.4. The number of fused-ring (bicyclic) bond motifs is 1. The Kier molecular flexibility index (Phi) is 12.4. The number of nitrogens with one attached hydrogen (secondary N) is 2. The van der Waals surface area contributed by atoms with Crippen molar-refractivity contribution >= 4 is 11.8 Å². The fourth-order valence-corrected chi connectivity index (χ4v) is 7.11. The van der Waals surface area contributed by atoms with Gasteiger partial charge in [-0.2, -0.15) is 0 Å². The molecule has 6 atom stereocenters. The summed E-state index contributed by atoms with van der Waals surface area (Å²) in [4.78, 5) is 31.8. The predicted octanol–water partition coefficient (Wildman–Crippen LogP) is 4.38. The van der Waals surface area contributed by atoms with Crippen LogP contribution in [0, 0.1) is 17.8 Å². The number of hydrogen-bond acceptors (Lipinski definition) is 8. The van der Waals surface area contributed by atoms with Crippen LogP contribution in [0.25, 0.3) is 0 Å². The van der Waals surface area contributed by atoms with Crippen LogP contribution in [-0.4, -0.2) is 69.7 Å². The van der Waals surface area contributed by atoms with Gasteiger partial charge < -0.3 is 35.4 Å². The molecule has 0 radical (unpaired) electrons. The molecule has 258 valence electrons. The number of ether oxygens (including phenoxy) is 2. The Morgan fingerprint density at radius 3 is 2.35 bits per heavy atom. The summed E-state index contributed by atoms with van der Waals surface area (Å²) in [5.41, 5.74) is 1.87. The van der Waals surface area contributed by atoms with E-state index in [9.17, 15) is 24.9 Å². The Labute approximate surface area is 282 Å². The number of carbonyl (C=O) groups excluding carboxylic acids is 2. The lowest BCUT2D eigenvalue weighted by Crippen LogP contribution is -2.55. The molecular formula is C38H49N3O7. The number of rotatable bonds is 15. The van der Waals surface area contributed by atoms with Crippen molar-refractivity contribution in [3.05, 3.63) is 89.7 Å². The number of pyridine rings is 1. The quantitative estimate of drug-likeness (QED) is 0.151. The van der Waals surface area contributed by atoms with Crippen molar-refractivity contribution < 1.29 is 34.4 Å². The molecule has 2 aromatic carbocycles. The zero-order valence-electron chi connectivity index (χ0n) is 27.8. The van der Waals surface area contributed by atoms with Crippen molar-refractivity contribution in [3.63, 3.8) is 0 Å². The molecule has 1 aromatic heterocycles. The van der Waals surface area contributed by atoms with Crippen LogP contribution in [0.5, 0.6) is 11.5 Å². The van der Waals surface area contributed by atoms with Crippen LogP contribution in [0.4, 0.5) is 0 Å². The molecule has 1 saturated carbocycles. The lowest BCUT2D eigenvalue weighted by atomic mass is 9.79. The Bertz CT molecular complexity index is 1480. The smallest absolute Gasteiger partial charge is 0.274 e. The van der Waals surface area contributed by atoms with Gasteiger partial charge in [-0.05, 0) is 53.6 Å². The maximum Gasteiger partial charge on any atom is 0.274 e. The van der Waals surface area contributed by atoms with Gasteiger partial charge in [0.2, 0.25) is 5.91 Å². The van der Waals surface area contributed by atoms with Crippen molar-refractivity contribution in [2.45, 2.75) is 89.2 Å². The summed E-state index contributed by atoms with van der Waals surface area (Å²) in [6.07, 6.45) is 3.84. The van der Waals surface area contributed by atoms with Gasteiger partial charge in [-0.25, -0.2) is 4.98 Å². The Hall–Kier alpha value is -3.99. The highest BCUT2D eigenvalue weighted by Crippen LogP contribution is 2.33. The summed E-state index contributed by atoms with van der Waals surface area (Å²) in [5.74, 6) is -1.12. The molecule has 2 amide bonds. The van der Waals surface area contributed by atoms with Crippen LogP contribution in [-0.2, 0) is 11.2 Å². The van der Waals surface area contributed by atoms with Gasteiger partial charge in [-0.1, -0.05) is 88.4 Å². The maximum absolute atomic E-state index is 13.7. The van der Waals surface area contributed by atoms with Crippen molar-refractivity contribution in [1.82, 2.24) is 15.6 Å². The van der Waals surface area contributed by atoms with E-state index in [-0.39, 0.29) is 36.5 Å². The number of carbonyl (C=O) groups is 2. The molecule has 0 aliphatic heterocycles. The van der Waals surface area contributed by atoms with E-state index in [1.807, 2.05) is 68.4 Å². The minimum Gasteiger partial charge on any atom is -0.490 e. The number of aliphatic hydroxyl groups excluding tert-OH is 3. The summed E-state index contributed by atoms with van der Waals surface area (Å²) in [6.45, 7) is 4.07. The van der Waals surface area contributed by atoms with Gasteiger partial charge in [0.25, 0.3) is 5.91 Å². The molecule has 1 heterocycles. The molecular weight excluding hydrogens is 610 g/mol. The van der Waals surface area contributed by atoms with Crippen molar-refractivity contribution in [2.24, 2.45) is 17.8 Å². The van der Waals surface area contributed by atoms with E-state index in [1.54, 1.807) is 12.1 Å². The summed E-state index contributed by atoms with van der Waals surface area (Å²) in [6, 6.07) is 18.8. The third-order valence-electron chi connectivity index (χ3n) is 9.62. The first kappa shape index (κ1) is 35.3. The number of benzene rings is 2. The van der Waals surface area contributed by atoms with E-state index in [2.05, 4.69) is 15.6 Å². The summed E-state index contributed by atoms with van der Waals surface area (Å²) in [7, 11) is 0. The zero-order chi connectivity index (χ0) is 34.0. The monoisotopic (exact) mass is 659 g/mol. The van der Waals surface area contributed by atoms with E-state index in [0.29, 0.717) is 18.6 Å². The first-order valence-corrected chi connectivity index (χ1v) is 17.2. The molecule has 2 aliphatic carbocycles.